The Morgan fingerprint density at radius 1 is 1.22 bits per heavy atom. The van der Waals surface area contributed by atoms with E-state index >= 15 is 0 Å². The Bertz CT molecular complexity index is 678. The zero-order valence-electron chi connectivity index (χ0n) is 13.0. The van der Waals surface area contributed by atoms with E-state index in [0.717, 1.165) is 23.3 Å². The Hall–Kier alpha value is -2.14. The predicted molar refractivity (Wildman–Crippen MR) is 89.2 cm³/mol. The second-order valence-electron chi connectivity index (χ2n) is 5.83. The molecule has 0 bridgehead atoms. The van der Waals surface area contributed by atoms with Gasteiger partial charge < -0.3 is 10.1 Å². The summed E-state index contributed by atoms with van der Waals surface area (Å²) in [6.07, 6.45) is 1.56. The van der Waals surface area contributed by atoms with Crippen LogP contribution in [-0.2, 0) is 19.7 Å². The average molecular weight is 329 g/mol. The fraction of sp³-hybridized carbons (Fsp3) is 0.333. The van der Waals surface area contributed by atoms with E-state index in [0.29, 0.717) is 0 Å². The van der Waals surface area contributed by atoms with Crippen molar-refractivity contribution in [2.45, 2.75) is 31.2 Å². The Morgan fingerprint density at radius 2 is 1.96 bits per heavy atom. The molecule has 1 N–H and O–H groups in total. The van der Waals surface area contributed by atoms with Gasteiger partial charge >= 0.3 is 5.97 Å². The first-order valence-corrected chi connectivity index (χ1v) is 8.55. The molecular formula is C18H19NO3S. The maximum Gasteiger partial charge on any atom is 0.317 e. The van der Waals surface area contributed by atoms with Crippen LogP contribution in [0.15, 0.2) is 47.8 Å². The second kappa shape index (κ2) is 6.54. The lowest BCUT2D eigenvalue weighted by Gasteiger charge is -2.16. The zero-order valence-corrected chi connectivity index (χ0v) is 13.8. The number of hydrogen-bond acceptors (Lipinski definition) is 4. The van der Waals surface area contributed by atoms with Gasteiger partial charge in [0.05, 0.1) is 11.5 Å². The Kier molecular flexibility index (Phi) is 4.48. The van der Waals surface area contributed by atoms with Gasteiger partial charge in [0.15, 0.2) is 6.61 Å². The van der Waals surface area contributed by atoms with E-state index in [1.807, 2.05) is 54.8 Å². The molecule has 0 aliphatic heterocycles. The van der Waals surface area contributed by atoms with E-state index in [4.69, 9.17) is 4.74 Å². The number of benzene rings is 1. The van der Waals surface area contributed by atoms with Crippen LogP contribution in [0.5, 0.6) is 0 Å². The van der Waals surface area contributed by atoms with Crippen molar-refractivity contribution in [2.75, 3.05) is 6.61 Å². The first-order chi connectivity index (χ1) is 11.1. The first kappa shape index (κ1) is 15.7. The van der Waals surface area contributed by atoms with Crippen LogP contribution in [0.25, 0.3) is 0 Å². The molecule has 1 amide bonds. The largest absolute Gasteiger partial charge is 0.455 e. The van der Waals surface area contributed by atoms with Crippen LogP contribution in [0, 0.1) is 0 Å². The summed E-state index contributed by atoms with van der Waals surface area (Å²) in [7, 11) is 0. The highest BCUT2D eigenvalue weighted by molar-refractivity contribution is 7.10. The van der Waals surface area contributed by atoms with Crippen LogP contribution in [0.3, 0.4) is 0 Å². The van der Waals surface area contributed by atoms with Gasteiger partial charge in [0.25, 0.3) is 5.91 Å². The monoisotopic (exact) mass is 329 g/mol. The molecule has 0 saturated heterocycles. The first-order valence-electron chi connectivity index (χ1n) is 7.67. The average Bonchev–Trinajstić information content (AvgIpc) is 3.20. The minimum atomic E-state index is -0.541. The summed E-state index contributed by atoms with van der Waals surface area (Å²) in [6, 6.07) is 13.5. The van der Waals surface area contributed by atoms with E-state index in [1.165, 1.54) is 0 Å². The summed E-state index contributed by atoms with van der Waals surface area (Å²) in [4.78, 5) is 25.4. The van der Waals surface area contributed by atoms with Crippen LogP contribution in [0.2, 0.25) is 0 Å². The van der Waals surface area contributed by atoms with E-state index < -0.39 is 5.41 Å². The van der Waals surface area contributed by atoms with Crippen LogP contribution in [0.1, 0.15) is 36.2 Å². The number of hydrogen-bond donors (Lipinski definition) is 1. The summed E-state index contributed by atoms with van der Waals surface area (Å²) in [5.41, 5.74) is 0.429. The SMILES string of the molecule is C[C@@H](NC(=O)COC(=O)C1(c2ccccc2)CC1)c1cccs1. The van der Waals surface area contributed by atoms with Crippen molar-refractivity contribution in [3.63, 3.8) is 0 Å². The summed E-state index contributed by atoms with van der Waals surface area (Å²) in [5.74, 6) is -0.578. The standard InChI is InChI=1S/C18H19NO3S/c1-13(15-8-5-11-23-15)19-16(20)12-22-17(21)18(9-10-18)14-6-3-2-4-7-14/h2-8,11,13H,9-10,12H2,1H3,(H,19,20)/t13-/m1/s1. The van der Waals surface area contributed by atoms with Crippen LogP contribution < -0.4 is 5.32 Å². The highest BCUT2D eigenvalue weighted by Gasteiger charge is 2.52. The van der Waals surface area contributed by atoms with E-state index in [-0.39, 0.29) is 24.5 Å². The summed E-state index contributed by atoms with van der Waals surface area (Å²) in [5, 5.41) is 4.81. The lowest BCUT2D eigenvalue weighted by molar-refractivity contribution is -0.151. The van der Waals surface area contributed by atoms with Gasteiger partial charge in [-0.25, -0.2) is 0 Å². The van der Waals surface area contributed by atoms with E-state index in [1.54, 1.807) is 11.3 Å². The minimum Gasteiger partial charge on any atom is -0.455 e. The molecule has 1 aliphatic carbocycles. The normalized spacial score (nSPS) is 16.4. The molecule has 0 unspecified atom stereocenters. The van der Waals surface area contributed by atoms with Crippen molar-refractivity contribution in [3.8, 4) is 0 Å². The quantitative estimate of drug-likeness (QED) is 0.828. The van der Waals surface area contributed by atoms with Crippen molar-refractivity contribution in [1.82, 2.24) is 5.32 Å². The number of esters is 1. The third-order valence-corrected chi connectivity index (χ3v) is 5.20. The molecule has 4 nitrogen and oxygen atoms in total. The molecule has 1 fully saturated rings. The molecule has 23 heavy (non-hydrogen) atoms. The van der Waals surface area contributed by atoms with Crippen molar-refractivity contribution in [3.05, 3.63) is 58.3 Å². The molecule has 1 saturated carbocycles. The summed E-state index contributed by atoms with van der Waals surface area (Å²) in [6.45, 7) is 1.68. The summed E-state index contributed by atoms with van der Waals surface area (Å²) < 4.78 is 5.26. The number of ether oxygens (including phenoxy) is 1. The molecule has 0 spiro atoms. The molecule has 3 rings (SSSR count). The van der Waals surface area contributed by atoms with Crippen LogP contribution in [0.4, 0.5) is 0 Å². The third-order valence-electron chi connectivity index (χ3n) is 4.15. The number of thiophene rings is 1. The molecule has 1 atom stereocenters. The molecular weight excluding hydrogens is 310 g/mol. The molecule has 1 aromatic heterocycles. The zero-order chi connectivity index (χ0) is 16.3. The molecule has 0 radical (unpaired) electrons. The fourth-order valence-electron chi connectivity index (χ4n) is 2.65. The van der Waals surface area contributed by atoms with Gasteiger partial charge in [-0.3, -0.25) is 9.59 Å². The van der Waals surface area contributed by atoms with Crippen LogP contribution in [-0.4, -0.2) is 18.5 Å². The smallest absolute Gasteiger partial charge is 0.317 e. The Balaban J connectivity index is 1.52. The maximum absolute atomic E-state index is 12.3. The highest BCUT2D eigenvalue weighted by atomic mass is 32.1. The third kappa shape index (κ3) is 3.45. The lowest BCUT2D eigenvalue weighted by Crippen LogP contribution is -2.33. The molecule has 120 valence electrons. The van der Waals surface area contributed by atoms with Gasteiger partial charge in [-0.1, -0.05) is 36.4 Å². The number of carbonyl (C=O) groups excluding carboxylic acids is 2. The molecule has 1 heterocycles. The highest BCUT2D eigenvalue weighted by Crippen LogP contribution is 2.49. The van der Waals surface area contributed by atoms with Crippen molar-refractivity contribution in [2.24, 2.45) is 0 Å². The number of amides is 1. The predicted octanol–water partition coefficient (Wildman–Crippen LogP) is 3.20. The van der Waals surface area contributed by atoms with E-state index in [9.17, 15) is 9.59 Å². The fourth-order valence-corrected chi connectivity index (χ4v) is 3.39. The minimum absolute atomic E-state index is 0.0785. The molecule has 1 aliphatic rings. The Labute approximate surface area is 139 Å². The van der Waals surface area contributed by atoms with Crippen LogP contribution >= 0.6 is 11.3 Å². The topological polar surface area (TPSA) is 55.4 Å². The molecule has 5 heteroatoms. The van der Waals surface area contributed by atoms with Gasteiger partial charge in [0.2, 0.25) is 0 Å². The molecule has 2 aromatic rings. The van der Waals surface area contributed by atoms with Gasteiger partial charge in [0, 0.05) is 4.88 Å². The molecule has 1 aromatic carbocycles. The Morgan fingerprint density at radius 3 is 2.57 bits per heavy atom. The van der Waals surface area contributed by atoms with Gasteiger partial charge in [0.1, 0.15) is 0 Å². The maximum atomic E-state index is 12.3. The number of carbonyl (C=O) groups is 2. The second-order valence-corrected chi connectivity index (χ2v) is 6.81. The number of nitrogens with one attached hydrogen (secondary N) is 1. The van der Waals surface area contributed by atoms with E-state index in [2.05, 4.69) is 5.32 Å². The van der Waals surface area contributed by atoms with Crippen molar-refractivity contribution < 1.29 is 14.3 Å². The van der Waals surface area contributed by atoms with Gasteiger partial charge in [-0.2, -0.15) is 0 Å². The summed E-state index contributed by atoms with van der Waals surface area (Å²) >= 11 is 1.59. The van der Waals surface area contributed by atoms with Crippen molar-refractivity contribution in [1.29, 1.82) is 0 Å². The van der Waals surface area contributed by atoms with Gasteiger partial charge in [-0.05, 0) is 36.8 Å². The lowest BCUT2D eigenvalue weighted by atomic mass is 9.96. The van der Waals surface area contributed by atoms with Gasteiger partial charge in [-0.15, -0.1) is 11.3 Å². The number of rotatable bonds is 6. The van der Waals surface area contributed by atoms with Crippen molar-refractivity contribution >= 4 is 23.2 Å².